The van der Waals surface area contributed by atoms with Crippen molar-refractivity contribution in [3.8, 4) is 6.07 Å². The van der Waals surface area contributed by atoms with Crippen LogP contribution in [-0.2, 0) is 0 Å². The summed E-state index contributed by atoms with van der Waals surface area (Å²) in [4.78, 5) is 0. The summed E-state index contributed by atoms with van der Waals surface area (Å²) < 4.78 is 26.9. The molecule has 96 valence electrons. The van der Waals surface area contributed by atoms with Gasteiger partial charge in [0.1, 0.15) is 17.7 Å². The van der Waals surface area contributed by atoms with Crippen LogP contribution in [0.5, 0.6) is 0 Å². The Hall–Kier alpha value is -1.64. The van der Waals surface area contributed by atoms with Crippen molar-refractivity contribution in [3.05, 3.63) is 57.0 Å². The van der Waals surface area contributed by atoms with Crippen molar-refractivity contribution >= 4 is 38.9 Å². The summed E-state index contributed by atoms with van der Waals surface area (Å²) in [6, 6.07) is 8.71. The second-order valence-electron chi connectivity index (χ2n) is 3.65. The van der Waals surface area contributed by atoms with Crippen molar-refractivity contribution in [2.45, 2.75) is 0 Å². The van der Waals surface area contributed by atoms with E-state index in [2.05, 4.69) is 21.2 Å². The van der Waals surface area contributed by atoms with Gasteiger partial charge in [0.15, 0.2) is 0 Å². The molecule has 0 aliphatic heterocycles. The van der Waals surface area contributed by atoms with E-state index in [1.54, 1.807) is 18.2 Å². The quantitative estimate of drug-likeness (QED) is 0.779. The lowest BCUT2D eigenvalue weighted by Gasteiger charge is -2.10. The van der Waals surface area contributed by atoms with Crippen LogP contribution in [0.25, 0.3) is 0 Å². The minimum Gasteiger partial charge on any atom is -0.352 e. The number of nitriles is 1. The topological polar surface area (TPSA) is 35.8 Å². The average molecular weight is 344 g/mol. The summed E-state index contributed by atoms with van der Waals surface area (Å²) in [5.74, 6) is -1.46. The standard InChI is InChI=1S/C13H6BrClF2N2/c14-8-4-13(11(17)5-10(8)16)19-12-3-1-2-9(15)7(12)6-18/h1-5,19H. The molecular formula is C13H6BrClF2N2. The Balaban J connectivity index is 2.45. The zero-order valence-corrected chi connectivity index (χ0v) is 11.7. The van der Waals surface area contributed by atoms with Crippen LogP contribution in [0.15, 0.2) is 34.8 Å². The summed E-state index contributed by atoms with van der Waals surface area (Å²) in [5, 5.41) is 12.0. The van der Waals surface area contributed by atoms with Gasteiger partial charge in [-0.15, -0.1) is 0 Å². The third-order valence-corrected chi connectivity index (χ3v) is 3.33. The molecule has 0 saturated heterocycles. The van der Waals surface area contributed by atoms with Crippen LogP contribution >= 0.6 is 27.5 Å². The highest BCUT2D eigenvalue weighted by Crippen LogP contribution is 2.30. The number of anilines is 2. The van der Waals surface area contributed by atoms with E-state index >= 15 is 0 Å². The Bertz CT molecular complexity index is 683. The summed E-state index contributed by atoms with van der Waals surface area (Å²) in [7, 11) is 0. The molecule has 6 heteroatoms. The minimum atomic E-state index is -0.760. The summed E-state index contributed by atoms with van der Waals surface area (Å²) in [6.45, 7) is 0. The van der Waals surface area contributed by atoms with E-state index in [0.29, 0.717) is 5.69 Å². The molecule has 2 aromatic carbocycles. The van der Waals surface area contributed by atoms with Crippen molar-refractivity contribution in [2.24, 2.45) is 0 Å². The maximum absolute atomic E-state index is 13.6. The molecule has 0 aromatic heterocycles. The fourth-order valence-electron chi connectivity index (χ4n) is 1.51. The molecule has 0 aliphatic carbocycles. The van der Waals surface area contributed by atoms with Gasteiger partial charge >= 0.3 is 0 Å². The van der Waals surface area contributed by atoms with E-state index in [1.165, 1.54) is 6.07 Å². The first kappa shape index (κ1) is 13.8. The fourth-order valence-corrected chi connectivity index (χ4v) is 2.07. The minimum absolute atomic E-state index is 0.0482. The van der Waals surface area contributed by atoms with Gasteiger partial charge in [0.25, 0.3) is 0 Å². The number of benzene rings is 2. The number of nitrogens with zero attached hydrogens (tertiary/aromatic N) is 1. The van der Waals surface area contributed by atoms with Crippen LogP contribution in [0.2, 0.25) is 5.02 Å². The van der Waals surface area contributed by atoms with Crippen molar-refractivity contribution in [3.63, 3.8) is 0 Å². The Labute approximate surface area is 121 Å². The van der Waals surface area contributed by atoms with Gasteiger partial charge < -0.3 is 5.32 Å². The molecule has 0 amide bonds. The molecule has 0 saturated carbocycles. The first-order chi connectivity index (χ1) is 9.02. The van der Waals surface area contributed by atoms with Crippen LogP contribution in [0.4, 0.5) is 20.2 Å². The molecule has 0 radical (unpaired) electrons. The van der Waals surface area contributed by atoms with Gasteiger partial charge in [0.05, 0.1) is 26.4 Å². The molecule has 2 nitrogen and oxygen atoms in total. The molecule has 0 unspecified atom stereocenters. The highest BCUT2D eigenvalue weighted by atomic mass is 79.9. The molecule has 0 heterocycles. The predicted molar refractivity (Wildman–Crippen MR) is 73.5 cm³/mol. The first-order valence-electron chi connectivity index (χ1n) is 5.13. The lowest BCUT2D eigenvalue weighted by molar-refractivity contribution is 0.581. The molecule has 0 aliphatic rings. The van der Waals surface area contributed by atoms with E-state index in [1.807, 2.05) is 6.07 Å². The summed E-state index contributed by atoms with van der Waals surface area (Å²) in [5.41, 5.74) is 0.600. The van der Waals surface area contributed by atoms with Crippen LogP contribution in [0.3, 0.4) is 0 Å². The molecular weight excluding hydrogens is 338 g/mol. The Kier molecular flexibility index (Phi) is 4.03. The largest absolute Gasteiger partial charge is 0.352 e. The van der Waals surface area contributed by atoms with E-state index in [9.17, 15) is 8.78 Å². The van der Waals surface area contributed by atoms with E-state index in [4.69, 9.17) is 16.9 Å². The highest BCUT2D eigenvalue weighted by molar-refractivity contribution is 9.10. The van der Waals surface area contributed by atoms with Gasteiger partial charge in [-0.2, -0.15) is 5.26 Å². The van der Waals surface area contributed by atoms with Crippen molar-refractivity contribution < 1.29 is 8.78 Å². The van der Waals surface area contributed by atoms with Crippen molar-refractivity contribution in [1.29, 1.82) is 5.26 Å². The SMILES string of the molecule is N#Cc1c(Cl)cccc1Nc1cc(Br)c(F)cc1F. The highest BCUT2D eigenvalue weighted by Gasteiger charge is 2.11. The van der Waals surface area contributed by atoms with Gasteiger partial charge in [-0.1, -0.05) is 17.7 Å². The van der Waals surface area contributed by atoms with Crippen LogP contribution in [0.1, 0.15) is 5.56 Å². The van der Waals surface area contributed by atoms with Crippen LogP contribution in [0, 0.1) is 23.0 Å². The molecule has 2 aromatic rings. The number of hydrogen-bond donors (Lipinski definition) is 1. The Morgan fingerprint density at radius 1 is 1.16 bits per heavy atom. The average Bonchev–Trinajstić information content (AvgIpc) is 2.36. The Morgan fingerprint density at radius 2 is 1.89 bits per heavy atom. The van der Waals surface area contributed by atoms with Crippen LogP contribution in [-0.4, -0.2) is 0 Å². The fraction of sp³-hybridized carbons (Fsp3) is 0. The summed E-state index contributed by atoms with van der Waals surface area (Å²) in [6.07, 6.45) is 0. The monoisotopic (exact) mass is 342 g/mol. The lowest BCUT2D eigenvalue weighted by atomic mass is 10.2. The lowest BCUT2D eigenvalue weighted by Crippen LogP contribution is -1.98. The zero-order chi connectivity index (χ0) is 14.0. The third-order valence-electron chi connectivity index (χ3n) is 2.40. The van der Waals surface area contributed by atoms with Gasteiger partial charge in [0.2, 0.25) is 0 Å². The normalized spacial score (nSPS) is 10.1. The number of halogens is 4. The molecule has 2 rings (SSSR count). The van der Waals surface area contributed by atoms with Gasteiger partial charge in [-0.05, 0) is 34.1 Å². The molecule has 1 N–H and O–H groups in total. The summed E-state index contributed by atoms with van der Waals surface area (Å²) >= 11 is 8.84. The molecule has 0 fully saturated rings. The molecule has 19 heavy (non-hydrogen) atoms. The third kappa shape index (κ3) is 2.86. The van der Waals surface area contributed by atoms with Gasteiger partial charge in [0, 0.05) is 6.07 Å². The number of nitrogens with one attached hydrogen (secondary N) is 1. The first-order valence-corrected chi connectivity index (χ1v) is 6.30. The van der Waals surface area contributed by atoms with Crippen molar-refractivity contribution in [2.75, 3.05) is 5.32 Å². The van der Waals surface area contributed by atoms with Crippen LogP contribution < -0.4 is 5.32 Å². The van der Waals surface area contributed by atoms with Gasteiger partial charge in [-0.25, -0.2) is 8.78 Å². The van der Waals surface area contributed by atoms with Crippen molar-refractivity contribution in [1.82, 2.24) is 0 Å². The smallest absolute Gasteiger partial charge is 0.149 e. The predicted octanol–water partition coefficient (Wildman–Crippen LogP) is 5.00. The maximum atomic E-state index is 13.6. The zero-order valence-electron chi connectivity index (χ0n) is 9.35. The number of rotatable bonds is 2. The van der Waals surface area contributed by atoms with E-state index < -0.39 is 11.6 Å². The van der Waals surface area contributed by atoms with E-state index in [-0.39, 0.29) is 20.7 Å². The molecule has 0 spiro atoms. The Morgan fingerprint density at radius 3 is 2.58 bits per heavy atom. The second kappa shape index (κ2) is 5.55. The molecule has 0 bridgehead atoms. The van der Waals surface area contributed by atoms with Gasteiger partial charge in [-0.3, -0.25) is 0 Å². The second-order valence-corrected chi connectivity index (χ2v) is 4.91. The maximum Gasteiger partial charge on any atom is 0.149 e. The van der Waals surface area contributed by atoms with E-state index in [0.717, 1.165) is 6.07 Å². The number of hydrogen-bond acceptors (Lipinski definition) is 2. The molecule has 0 atom stereocenters.